The van der Waals surface area contributed by atoms with Crippen molar-refractivity contribution in [1.29, 1.82) is 0 Å². The molecule has 1 heterocycles. The number of hydrogen-bond acceptors (Lipinski definition) is 5. The molecule has 1 aliphatic carbocycles. The first-order valence-corrected chi connectivity index (χ1v) is 9.06. The minimum atomic E-state index is -0.191. The van der Waals surface area contributed by atoms with E-state index in [9.17, 15) is 9.59 Å². The van der Waals surface area contributed by atoms with Gasteiger partial charge in [0.1, 0.15) is 0 Å². The van der Waals surface area contributed by atoms with E-state index in [1.54, 1.807) is 4.90 Å². The normalized spacial score (nSPS) is 14.3. The van der Waals surface area contributed by atoms with Gasteiger partial charge in [0, 0.05) is 31.1 Å². The summed E-state index contributed by atoms with van der Waals surface area (Å²) in [6.45, 7) is 5.74. The third-order valence-electron chi connectivity index (χ3n) is 3.89. The molecule has 0 aromatic carbocycles. The van der Waals surface area contributed by atoms with Gasteiger partial charge in [-0.1, -0.05) is 6.42 Å². The first-order chi connectivity index (χ1) is 11.1. The third-order valence-corrected chi connectivity index (χ3v) is 4.76. The van der Waals surface area contributed by atoms with Crippen molar-refractivity contribution in [1.82, 2.24) is 9.88 Å². The van der Waals surface area contributed by atoms with Crippen LogP contribution in [-0.4, -0.2) is 48.0 Å². The standard InChI is InChI=1S/C16H25N3O3S/c1-3-22-9-5-8-19(15(21)13-6-4-7-13)10-14(20)18-16-17-12(2)11-23-16/h11,13H,3-10H2,1-2H3,(H,17,18,20). The third kappa shape index (κ3) is 5.58. The molecule has 6 nitrogen and oxygen atoms in total. The van der Waals surface area contributed by atoms with Crippen LogP contribution in [0.25, 0.3) is 0 Å². The van der Waals surface area contributed by atoms with Gasteiger partial charge < -0.3 is 15.0 Å². The van der Waals surface area contributed by atoms with Gasteiger partial charge >= 0.3 is 0 Å². The number of carbonyl (C=O) groups excluding carboxylic acids is 2. The van der Waals surface area contributed by atoms with Crippen LogP contribution < -0.4 is 5.32 Å². The van der Waals surface area contributed by atoms with Gasteiger partial charge in [-0.25, -0.2) is 4.98 Å². The Labute approximate surface area is 141 Å². The van der Waals surface area contributed by atoms with Crippen molar-refractivity contribution in [3.05, 3.63) is 11.1 Å². The van der Waals surface area contributed by atoms with Crippen LogP contribution in [0.5, 0.6) is 0 Å². The van der Waals surface area contributed by atoms with Crippen molar-refractivity contribution in [2.75, 3.05) is 31.6 Å². The van der Waals surface area contributed by atoms with E-state index in [0.717, 1.165) is 31.4 Å². The molecule has 128 valence electrons. The molecule has 1 N–H and O–H groups in total. The highest BCUT2D eigenvalue weighted by Gasteiger charge is 2.30. The number of anilines is 1. The second-order valence-electron chi connectivity index (χ2n) is 5.78. The summed E-state index contributed by atoms with van der Waals surface area (Å²) in [6.07, 6.45) is 3.73. The van der Waals surface area contributed by atoms with Crippen molar-refractivity contribution < 1.29 is 14.3 Å². The zero-order valence-electron chi connectivity index (χ0n) is 13.8. The lowest BCUT2D eigenvalue weighted by Gasteiger charge is -2.31. The first kappa shape index (κ1) is 17.9. The summed E-state index contributed by atoms with van der Waals surface area (Å²) in [7, 11) is 0. The molecule has 1 aromatic rings. The van der Waals surface area contributed by atoms with Crippen molar-refractivity contribution in [2.45, 2.75) is 39.5 Å². The Balaban J connectivity index is 1.86. The summed E-state index contributed by atoms with van der Waals surface area (Å²) in [6, 6.07) is 0. The molecule has 23 heavy (non-hydrogen) atoms. The molecule has 1 aromatic heterocycles. The molecular formula is C16H25N3O3S. The molecule has 2 rings (SSSR count). The van der Waals surface area contributed by atoms with Gasteiger partial charge in [-0.3, -0.25) is 9.59 Å². The summed E-state index contributed by atoms with van der Waals surface area (Å²) in [5.41, 5.74) is 0.879. The Bertz CT molecular complexity index is 528. The summed E-state index contributed by atoms with van der Waals surface area (Å²) < 4.78 is 5.32. The number of nitrogens with zero attached hydrogens (tertiary/aromatic N) is 2. The van der Waals surface area contributed by atoms with Crippen LogP contribution in [0.4, 0.5) is 5.13 Å². The smallest absolute Gasteiger partial charge is 0.245 e. The molecule has 0 radical (unpaired) electrons. The van der Waals surface area contributed by atoms with E-state index in [1.165, 1.54) is 11.3 Å². The van der Waals surface area contributed by atoms with Gasteiger partial charge in [-0.05, 0) is 33.1 Å². The van der Waals surface area contributed by atoms with E-state index in [2.05, 4.69) is 10.3 Å². The number of rotatable bonds is 9. The van der Waals surface area contributed by atoms with E-state index in [0.29, 0.717) is 24.9 Å². The van der Waals surface area contributed by atoms with Gasteiger partial charge in [-0.2, -0.15) is 0 Å². The molecular weight excluding hydrogens is 314 g/mol. The minimum absolute atomic E-state index is 0.0834. The highest BCUT2D eigenvalue weighted by atomic mass is 32.1. The predicted molar refractivity (Wildman–Crippen MR) is 90.5 cm³/mol. The Hall–Kier alpha value is -1.47. The van der Waals surface area contributed by atoms with Crippen LogP contribution in [-0.2, 0) is 14.3 Å². The Morgan fingerprint density at radius 2 is 2.26 bits per heavy atom. The molecule has 2 amide bonds. The zero-order valence-corrected chi connectivity index (χ0v) is 14.7. The van der Waals surface area contributed by atoms with Gasteiger partial charge in [0.05, 0.1) is 12.2 Å². The fourth-order valence-electron chi connectivity index (χ4n) is 2.43. The van der Waals surface area contributed by atoms with Crippen LogP contribution in [0, 0.1) is 12.8 Å². The van der Waals surface area contributed by atoms with Crippen LogP contribution >= 0.6 is 11.3 Å². The average molecular weight is 339 g/mol. The maximum Gasteiger partial charge on any atom is 0.245 e. The molecule has 0 aliphatic heterocycles. The SMILES string of the molecule is CCOCCCN(CC(=O)Nc1nc(C)cs1)C(=O)C1CCC1. The number of thiazole rings is 1. The molecule has 1 saturated carbocycles. The largest absolute Gasteiger partial charge is 0.382 e. The Morgan fingerprint density at radius 3 is 2.83 bits per heavy atom. The van der Waals surface area contributed by atoms with Gasteiger partial charge in [0.2, 0.25) is 11.8 Å². The minimum Gasteiger partial charge on any atom is -0.382 e. The highest BCUT2D eigenvalue weighted by Crippen LogP contribution is 2.28. The van der Waals surface area contributed by atoms with Crippen molar-refractivity contribution in [3.63, 3.8) is 0 Å². The number of aromatic nitrogens is 1. The monoisotopic (exact) mass is 339 g/mol. The van der Waals surface area contributed by atoms with E-state index < -0.39 is 0 Å². The zero-order chi connectivity index (χ0) is 16.7. The molecule has 0 spiro atoms. The summed E-state index contributed by atoms with van der Waals surface area (Å²) >= 11 is 1.39. The lowest BCUT2D eigenvalue weighted by Crippen LogP contribution is -2.43. The molecule has 0 saturated heterocycles. The molecule has 1 fully saturated rings. The average Bonchev–Trinajstić information content (AvgIpc) is 2.85. The fraction of sp³-hybridized carbons (Fsp3) is 0.688. The maximum atomic E-state index is 12.5. The van der Waals surface area contributed by atoms with Crippen molar-refractivity contribution in [2.24, 2.45) is 5.92 Å². The second-order valence-corrected chi connectivity index (χ2v) is 6.64. The van der Waals surface area contributed by atoms with Crippen LogP contribution in [0.3, 0.4) is 0 Å². The lowest BCUT2D eigenvalue weighted by atomic mass is 9.84. The number of hydrogen-bond donors (Lipinski definition) is 1. The van der Waals surface area contributed by atoms with E-state index in [1.807, 2.05) is 19.2 Å². The second kappa shape index (κ2) is 8.98. The molecule has 0 unspecified atom stereocenters. The summed E-state index contributed by atoms with van der Waals surface area (Å²) in [4.78, 5) is 30.5. The number of carbonyl (C=O) groups is 2. The molecule has 0 bridgehead atoms. The van der Waals surface area contributed by atoms with Crippen molar-refractivity contribution >= 4 is 28.3 Å². The van der Waals surface area contributed by atoms with E-state index in [-0.39, 0.29) is 24.3 Å². The topological polar surface area (TPSA) is 71.5 Å². The Morgan fingerprint density at radius 1 is 1.48 bits per heavy atom. The number of amides is 2. The molecule has 0 atom stereocenters. The highest BCUT2D eigenvalue weighted by molar-refractivity contribution is 7.13. The first-order valence-electron chi connectivity index (χ1n) is 8.18. The quantitative estimate of drug-likeness (QED) is 0.702. The lowest BCUT2D eigenvalue weighted by molar-refractivity contribution is -0.140. The molecule has 1 aliphatic rings. The van der Waals surface area contributed by atoms with Crippen LogP contribution in [0.2, 0.25) is 0 Å². The van der Waals surface area contributed by atoms with Crippen molar-refractivity contribution in [3.8, 4) is 0 Å². The predicted octanol–water partition coefficient (Wildman–Crippen LogP) is 2.45. The van der Waals surface area contributed by atoms with E-state index in [4.69, 9.17) is 4.74 Å². The molecule has 7 heteroatoms. The number of nitrogens with one attached hydrogen (secondary N) is 1. The van der Waals surface area contributed by atoms with Gasteiger partial charge in [0.25, 0.3) is 0 Å². The fourth-order valence-corrected chi connectivity index (χ4v) is 3.13. The number of aryl methyl sites for hydroxylation is 1. The Kier molecular flexibility index (Phi) is 6.98. The van der Waals surface area contributed by atoms with Gasteiger partial charge in [0.15, 0.2) is 5.13 Å². The van der Waals surface area contributed by atoms with Crippen LogP contribution in [0.15, 0.2) is 5.38 Å². The van der Waals surface area contributed by atoms with Gasteiger partial charge in [-0.15, -0.1) is 11.3 Å². The summed E-state index contributed by atoms with van der Waals surface area (Å²) in [5.74, 6) is -0.00125. The van der Waals surface area contributed by atoms with Crippen LogP contribution in [0.1, 0.15) is 38.3 Å². The summed E-state index contributed by atoms with van der Waals surface area (Å²) in [5, 5.41) is 5.23. The number of ether oxygens (including phenoxy) is 1. The maximum absolute atomic E-state index is 12.5. The van der Waals surface area contributed by atoms with E-state index >= 15 is 0 Å².